The number of amides is 1. The maximum atomic E-state index is 12.9. The first-order valence-corrected chi connectivity index (χ1v) is 9.64. The molecule has 29 heavy (non-hydrogen) atoms. The van der Waals surface area contributed by atoms with Gasteiger partial charge >= 0.3 is 6.18 Å². The number of rotatable bonds is 4. The molecule has 4 nitrogen and oxygen atoms in total. The summed E-state index contributed by atoms with van der Waals surface area (Å²) in [6.45, 7) is 1.56. The van der Waals surface area contributed by atoms with Gasteiger partial charge in [0.05, 0.1) is 12.6 Å². The quantitative estimate of drug-likeness (QED) is 0.850. The average molecular weight is 401 g/mol. The zero-order chi connectivity index (χ0) is 20.6. The summed E-state index contributed by atoms with van der Waals surface area (Å²) in [5, 5.41) is 2.89. The van der Waals surface area contributed by atoms with E-state index in [-0.39, 0.29) is 31.0 Å². The van der Waals surface area contributed by atoms with Crippen molar-refractivity contribution in [2.24, 2.45) is 5.92 Å². The largest absolute Gasteiger partial charge is 0.401 e. The van der Waals surface area contributed by atoms with Crippen LogP contribution in [0.15, 0.2) is 48.8 Å². The molecule has 0 spiro atoms. The van der Waals surface area contributed by atoms with Gasteiger partial charge in [-0.3, -0.25) is 14.7 Å². The summed E-state index contributed by atoms with van der Waals surface area (Å²) in [5.41, 5.74) is 4.53. The highest BCUT2D eigenvalue weighted by atomic mass is 19.4. The van der Waals surface area contributed by atoms with Gasteiger partial charge in [0, 0.05) is 36.6 Å². The number of pyridine rings is 1. The highest BCUT2D eigenvalue weighted by molar-refractivity contribution is 6.20. The third-order valence-electron chi connectivity index (χ3n) is 5.33. The highest BCUT2D eigenvalue weighted by Gasteiger charge is 2.38. The van der Waals surface area contributed by atoms with Gasteiger partial charge < -0.3 is 5.32 Å². The van der Waals surface area contributed by atoms with E-state index < -0.39 is 12.7 Å². The molecular formula is C22H22F3N3O. The van der Waals surface area contributed by atoms with Crippen LogP contribution in [-0.4, -0.2) is 47.6 Å². The zero-order valence-corrected chi connectivity index (χ0v) is 16.0. The SMILES string of the molecule is CC1C=C(C(=O)NC2CN(CC(F)(F)F)C2)c2cc(-c3cccnc3)ccc2C1. The Morgan fingerprint density at radius 3 is 2.72 bits per heavy atom. The topological polar surface area (TPSA) is 45.2 Å². The normalized spacial score (nSPS) is 19.9. The van der Waals surface area contributed by atoms with Crippen molar-refractivity contribution in [1.29, 1.82) is 0 Å². The van der Waals surface area contributed by atoms with Gasteiger partial charge in [0.25, 0.3) is 5.91 Å². The van der Waals surface area contributed by atoms with E-state index in [1.54, 1.807) is 12.4 Å². The lowest BCUT2D eigenvalue weighted by Crippen LogP contribution is -2.61. The van der Waals surface area contributed by atoms with Crippen LogP contribution in [0.4, 0.5) is 13.2 Å². The molecule has 1 saturated heterocycles. The Balaban J connectivity index is 1.50. The number of likely N-dealkylation sites (tertiary alicyclic amines) is 1. The van der Waals surface area contributed by atoms with Gasteiger partial charge in [-0.25, -0.2) is 0 Å². The van der Waals surface area contributed by atoms with Crippen LogP contribution in [0.3, 0.4) is 0 Å². The predicted molar refractivity (Wildman–Crippen MR) is 105 cm³/mol. The summed E-state index contributed by atoms with van der Waals surface area (Å²) in [6.07, 6.45) is 2.08. The summed E-state index contributed by atoms with van der Waals surface area (Å²) >= 11 is 0. The number of nitrogens with zero attached hydrogens (tertiary/aromatic N) is 2. The molecule has 7 heteroatoms. The second-order valence-corrected chi connectivity index (χ2v) is 7.86. The summed E-state index contributed by atoms with van der Waals surface area (Å²) in [5.74, 6) is -0.00611. The lowest BCUT2D eigenvalue weighted by molar-refractivity contribution is -0.156. The van der Waals surface area contributed by atoms with Crippen LogP contribution in [0, 0.1) is 5.92 Å². The number of carbonyl (C=O) groups excluding carboxylic acids is 1. The first kappa shape index (κ1) is 19.6. The van der Waals surface area contributed by atoms with Crippen molar-refractivity contribution in [3.63, 3.8) is 0 Å². The van der Waals surface area contributed by atoms with Crippen LogP contribution in [0.5, 0.6) is 0 Å². The molecule has 2 heterocycles. The van der Waals surface area contributed by atoms with Crippen molar-refractivity contribution in [3.8, 4) is 11.1 Å². The van der Waals surface area contributed by atoms with Crippen LogP contribution in [0.25, 0.3) is 16.7 Å². The number of alkyl halides is 3. The van der Waals surface area contributed by atoms with Gasteiger partial charge in [-0.1, -0.05) is 31.2 Å². The van der Waals surface area contributed by atoms with E-state index in [2.05, 4.69) is 17.2 Å². The van der Waals surface area contributed by atoms with Gasteiger partial charge in [-0.05, 0) is 41.2 Å². The fourth-order valence-electron chi connectivity index (χ4n) is 4.00. The van der Waals surface area contributed by atoms with Gasteiger partial charge in [0.15, 0.2) is 0 Å². The minimum absolute atomic E-state index is 0.218. The molecule has 0 radical (unpaired) electrons. The zero-order valence-electron chi connectivity index (χ0n) is 16.0. The molecule has 1 N–H and O–H groups in total. The van der Waals surface area contributed by atoms with E-state index in [0.717, 1.165) is 28.7 Å². The molecule has 1 aliphatic heterocycles. The number of fused-ring (bicyclic) bond motifs is 1. The molecule has 1 atom stereocenters. The number of halogens is 3. The monoisotopic (exact) mass is 401 g/mol. The molecule has 4 rings (SSSR count). The van der Waals surface area contributed by atoms with Crippen molar-refractivity contribution in [2.75, 3.05) is 19.6 Å². The van der Waals surface area contributed by atoms with Gasteiger partial charge in [-0.2, -0.15) is 13.2 Å². The molecule has 2 aromatic rings. The third kappa shape index (κ3) is 4.50. The molecule has 2 aliphatic rings. The molecule has 0 bridgehead atoms. The second kappa shape index (κ2) is 7.63. The molecule has 152 valence electrons. The molecule has 1 fully saturated rings. The first-order valence-electron chi connectivity index (χ1n) is 9.64. The van der Waals surface area contributed by atoms with E-state index in [4.69, 9.17) is 0 Å². The second-order valence-electron chi connectivity index (χ2n) is 7.86. The smallest absolute Gasteiger partial charge is 0.347 e. The molecule has 1 unspecified atom stereocenters. The molecule has 0 saturated carbocycles. The predicted octanol–water partition coefficient (Wildman–Crippen LogP) is 3.69. The maximum absolute atomic E-state index is 12.9. The Hall–Kier alpha value is -2.67. The Kier molecular flexibility index (Phi) is 5.17. The van der Waals surface area contributed by atoms with Crippen molar-refractivity contribution >= 4 is 11.5 Å². The van der Waals surface area contributed by atoms with Gasteiger partial charge in [0.1, 0.15) is 0 Å². The van der Waals surface area contributed by atoms with E-state index in [9.17, 15) is 18.0 Å². The maximum Gasteiger partial charge on any atom is 0.401 e. The van der Waals surface area contributed by atoms with E-state index in [1.807, 2.05) is 36.4 Å². The first-order chi connectivity index (χ1) is 13.8. The number of hydrogen-bond acceptors (Lipinski definition) is 3. The molecule has 1 amide bonds. The number of hydrogen-bond donors (Lipinski definition) is 1. The number of carbonyl (C=O) groups is 1. The third-order valence-corrected chi connectivity index (χ3v) is 5.33. The van der Waals surface area contributed by atoms with Crippen LogP contribution >= 0.6 is 0 Å². The summed E-state index contributed by atoms with van der Waals surface area (Å²) < 4.78 is 37.4. The van der Waals surface area contributed by atoms with Crippen molar-refractivity contribution < 1.29 is 18.0 Å². The Morgan fingerprint density at radius 1 is 1.24 bits per heavy atom. The standard InChI is InChI=1S/C22H22F3N3O/c1-14-7-16-5-4-15(17-3-2-6-26-10-17)9-19(16)20(8-14)21(29)27-18-11-28(12-18)13-22(23,24)25/h2-6,8-10,14,18H,7,11-13H2,1H3,(H,27,29). The van der Waals surface area contributed by atoms with Crippen molar-refractivity contribution in [3.05, 3.63) is 59.9 Å². The summed E-state index contributed by atoms with van der Waals surface area (Å²) in [7, 11) is 0. The van der Waals surface area contributed by atoms with Crippen LogP contribution < -0.4 is 5.32 Å². The minimum atomic E-state index is -4.21. The molecule has 1 aromatic heterocycles. The molecular weight excluding hydrogens is 379 g/mol. The average Bonchev–Trinajstić information content (AvgIpc) is 2.65. The Labute approximate surface area is 167 Å². The highest BCUT2D eigenvalue weighted by Crippen LogP contribution is 2.33. The summed E-state index contributed by atoms with van der Waals surface area (Å²) in [4.78, 5) is 18.4. The van der Waals surface area contributed by atoms with Crippen LogP contribution in [0.1, 0.15) is 18.1 Å². The van der Waals surface area contributed by atoms with Crippen molar-refractivity contribution in [1.82, 2.24) is 15.2 Å². The Bertz CT molecular complexity index is 934. The fraction of sp³-hybridized carbons (Fsp3) is 0.364. The number of nitrogens with one attached hydrogen (secondary N) is 1. The lowest BCUT2D eigenvalue weighted by Gasteiger charge is -2.40. The van der Waals surface area contributed by atoms with E-state index in [1.165, 1.54) is 4.90 Å². The Morgan fingerprint density at radius 2 is 2.03 bits per heavy atom. The lowest BCUT2D eigenvalue weighted by atomic mass is 9.83. The van der Waals surface area contributed by atoms with Gasteiger partial charge in [-0.15, -0.1) is 0 Å². The molecule has 1 aromatic carbocycles. The number of aromatic nitrogens is 1. The van der Waals surface area contributed by atoms with Crippen molar-refractivity contribution in [2.45, 2.75) is 25.6 Å². The minimum Gasteiger partial charge on any atom is -0.347 e. The fourth-order valence-corrected chi connectivity index (χ4v) is 4.00. The van der Waals surface area contributed by atoms with Gasteiger partial charge in [0.2, 0.25) is 0 Å². The number of allylic oxidation sites excluding steroid dienone is 1. The van der Waals surface area contributed by atoms with E-state index in [0.29, 0.717) is 5.57 Å². The summed E-state index contributed by atoms with van der Waals surface area (Å²) in [6, 6.07) is 9.65. The number of benzene rings is 1. The van der Waals surface area contributed by atoms with Crippen LogP contribution in [0.2, 0.25) is 0 Å². The van der Waals surface area contributed by atoms with Crippen LogP contribution in [-0.2, 0) is 11.2 Å². The van der Waals surface area contributed by atoms with E-state index >= 15 is 0 Å². The molecule has 1 aliphatic carbocycles.